The molecule has 2 rings (SSSR count). The number of hydrogen-bond acceptors (Lipinski definition) is 3. The highest BCUT2D eigenvalue weighted by Gasteiger charge is 2.19. The largest absolute Gasteiger partial charge is 0.495 e. The summed E-state index contributed by atoms with van der Waals surface area (Å²) in [6.45, 7) is 4.49. The Balaban J connectivity index is 2.05. The van der Waals surface area contributed by atoms with E-state index in [4.69, 9.17) is 16.3 Å². The van der Waals surface area contributed by atoms with Crippen LogP contribution >= 0.6 is 11.6 Å². The van der Waals surface area contributed by atoms with Crippen molar-refractivity contribution in [3.05, 3.63) is 58.6 Å². The summed E-state index contributed by atoms with van der Waals surface area (Å²) in [5, 5.41) is 3.65. The molecule has 0 aliphatic heterocycles. The molecule has 0 heterocycles. The van der Waals surface area contributed by atoms with E-state index in [1.807, 2.05) is 68.3 Å². The highest BCUT2D eigenvalue weighted by atomic mass is 35.5. The van der Waals surface area contributed by atoms with Gasteiger partial charge in [0.25, 0.3) is 0 Å². The number of amides is 1. The van der Waals surface area contributed by atoms with Crippen molar-refractivity contribution in [3.63, 3.8) is 0 Å². The van der Waals surface area contributed by atoms with Crippen molar-refractivity contribution >= 4 is 23.2 Å². The third kappa shape index (κ3) is 4.73. The number of anilines is 1. The zero-order valence-corrected chi connectivity index (χ0v) is 15.2. The van der Waals surface area contributed by atoms with Gasteiger partial charge in [0, 0.05) is 11.6 Å². The number of carbonyl (C=O) groups is 1. The van der Waals surface area contributed by atoms with Gasteiger partial charge in [-0.2, -0.15) is 0 Å². The fraction of sp³-hybridized carbons (Fsp3) is 0.316. The molecule has 0 aliphatic carbocycles. The minimum Gasteiger partial charge on any atom is -0.495 e. The summed E-state index contributed by atoms with van der Waals surface area (Å²) in [6, 6.07) is 13.1. The Hall–Kier alpha value is -2.04. The Labute approximate surface area is 148 Å². The van der Waals surface area contributed by atoms with Crippen LogP contribution in [0.4, 0.5) is 5.69 Å². The molecule has 0 aliphatic rings. The van der Waals surface area contributed by atoms with Crippen LogP contribution in [0.2, 0.25) is 5.02 Å². The number of halogens is 1. The fourth-order valence-corrected chi connectivity index (χ4v) is 2.63. The third-order valence-electron chi connectivity index (χ3n) is 3.97. The lowest BCUT2D eigenvalue weighted by Gasteiger charge is -2.24. The number of carbonyl (C=O) groups excluding carboxylic acids is 1. The molecule has 2 aromatic carbocycles. The van der Waals surface area contributed by atoms with Crippen LogP contribution in [0.15, 0.2) is 42.5 Å². The molecule has 0 saturated heterocycles. The second-order valence-corrected chi connectivity index (χ2v) is 6.35. The fourth-order valence-electron chi connectivity index (χ4n) is 2.42. The first-order chi connectivity index (χ1) is 11.4. The predicted octanol–water partition coefficient (Wildman–Crippen LogP) is 4.12. The standard InChI is InChI=1S/C19H23ClN2O2/c1-13-8-9-18(24-4)17(10-13)21-19(23)14(2)22(3)12-15-6-5-7-16(20)11-15/h5-11,14H,12H2,1-4H3,(H,21,23). The number of rotatable bonds is 6. The van der Waals surface area contributed by atoms with Crippen LogP contribution in [0.25, 0.3) is 0 Å². The number of ether oxygens (including phenoxy) is 1. The first kappa shape index (κ1) is 18.3. The van der Waals surface area contributed by atoms with Gasteiger partial charge in [-0.1, -0.05) is 29.8 Å². The molecule has 24 heavy (non-hydrogen) atoms. The van der Waals surface area contributed by atoms with Crippen LogP contribution in [-0.4, -0.2) is 31.0 Å². The summed E-state index contributed by atoms with van der Waals surface area (Å²) < 4.78 is 5.31. The average molecular weight is 347 g/mol. The summed E-state index contributed by atoms with van der Waals surface area (Å²) in [4.78, 5) is 14.5. The number of nitrogens with zero attached hydrogens (tertiary/aromatic N) is 1. The molecule has 0 saturated carbocycles. The quantitative estimate of drug-likeness (QED) is 0.855. The summed E-state index contributed by atoms with van der Waals surface area (Å²) >= 11 is 6.01. The van der Waals surface area contributed by atoms with E-state index in [1.54, 1.807) is 7.11 Å². The Kier molecular flexibility index (Phi) is 6.23. The minimum absolute atomic E-state index is 0.0802. The van der Waals surface area contributed by atoms with Crippen LogP contribution in [0.5, 0.6) is 5.75 Å². The van der Waals surface area contributed by atoms with E-state index < -0.39 is 0 Å². The summed E-state index contributed by atoms with van der Waals surface area (Å²) in [5.41, 5.74) is 2.81. The molecule has 5 heteroatoms. The van der Waals surface area contributed by atoms with Crippen molar-refractivity contribution in [2.24, 2.45) is 0 Å². The van der Waals surface area contributed by atoms with E-state index in [1.165, 1.54) is 0 Å². The third-order valence-corrected chi connectivity index (χ3v) is 4.21. The topological polar surface area (TPSA) is 41.6 Å². The van der Waals surface area contributed by atoms with E-state index in [-0.39, 0.29) is 11.9 Å². The lowest BCUT2D eigenvalue weighted by atomic mass is 10.1. The zero-order chi connectivity index (χ0) is 17.7. The summed E-state index contributed by atoms with van der Waals surface area (Å²) in [7, 11) is 3.51. The monoisotopic (exact) mass is 346 g/mol. The van der Waals surface area contributed by atoms with Gasteiger partial charge in [0.2, 0.25) is 5.91 Å². The molecule has 4 nitrogen and oxygen atoms in total. The molecule has 1 amide bonds. The predicted molar refractivity (Wildman–Crippen MR) is 98.7 cm³/mol. The van der Waals surface area contributed by atoms with E-state index in [2.05, 4.69) is 5.32 Å². The molecular formula is C19H23ClN2O2. The van der Waals surface area contributed by atoms with Gasteiger partial charge in [-0.25, -0.2) is 0 Å². The lowest BCUT2D eigenvalue weighted by Crippen LogP contribution is -2.39. The van der Waals surface area contributed by atoms with Crippen LogP contribution < -0.4 is 10.1 Å². The molecule has 128 valence electrons. The van der Waals surface area contributed by atoms with E-state index in [9.17, 15) is 4.79 Å². The van der Waals surface area contributed by atoms with E-state index in [0.29, 0.717) is 23.0 Å². The first-order valence-corrected chi connectivity index (χ1v) is 8.18. The molecule has 2 aromatic rings. The maximum Gasteiger partial charge on any atom is 0.241 e. The van der Waals surface area contributed by atoms with Gasteiger partial charge in [0.1, 0.15) is 5.75 Å². The van der Waals surface area contributed by atoms with E-state index in [0.717, 1.165) is 11.1 Å². The van der Waals surface area contributed by atoms with Crippen molar-refractivity contribution in [2.45, 2.75) is 26.4 Å². The Bertz CT molecular complexity index is 718. The zero-order valence-electron chi connectivity index (χ0n) is 14.5. The van der Waals surface area contributed by atoms with E-state index >= 15 is 0 Å². The van der Waals surface area contributed by atoms with Crippen molar-refractivity contribution in [1.29, 1.82) is 0 Å². The molecule has 1 atom stereocenters. The number of methoxy groups -OCH3 is 1. The highest BCUT2D eigenvalue weighted by molar-refractivity contribution is 6.30. The van der Waals surface area contributed by atoms with Crippen molar-refractivity contribution < 1.29 is 9.53 Å². The molecule has 1 unspecified atom stereocenters. The van der Waals surface area contributed by atoms with Gasteiger partial charge in [0.15, 0.2) is 0 Å². The molecular weight excluding hydrogens is 324 g/mol. The Morgan fingerprint density at radius 3 is 2.71 bits per heavy atom. The van der Waals surface area contributed by atoms with Gasteiger partial charge in [-0.3, -0.25) is 9.69 Å². The molecule has 0 spiro atoms. The van der Waals surface area contributed by atoms with Crippen molar-refractivity contribution in [1.82, 2.24) is 4.90 Å². The summed E-state index contributed by atoms with van der Waals surface area (Å²) in [5.74, 6) is 0.571. The Morgan fingerprint density at radius 1 is 1.29 bits per heavy atom. The van der Waals surface area contributed by atoms with Gasteiger partial charge >= 0.3 is 0 Å². The van der Waals surface area contributed by atoms with Crippen LogP contribution in [0, 0.1) is 6.92 Å². The minimum atomic E-state index is -0.297. The summed E-state index contributed by atoms with van der Waals surface area (Å²) in [6.07, 6.45) is 0. The SMILES string of the molecule is COc1ccc(C)cc1NC(=O)C(C)N(C)Cc1cccc(Cl)c1. The van der Waals surface area contributed by atoms with Gasteiger partial charge in [-0.15, -0.1) is 0 Å². The highest BCUT2D eigenvalue weighted by Crippen LogP contribution is 2.25. The number of benzene rings is 2. The number of hydrogen-bond donors (Lipinski definition) is 1. The second-order valence-electron chi connectivity index (χ2n) is 5.91. The van der Waals surface area contributed by atoms with Gasteiger partial charge in [-0.05, 0) is 56.3 Å². The molecule has 0 bridgehead atoms. The first-order valence-electron chi connectivity index (χ1n) is 7.81. The van der Waals surface area contributed by atoms with Crippen molar-refractivity contribution in [2.75, 3.05) is 19.5 Å². The maximum atomic E-state index is 12.6. The molecule has 1 N–H and O–H groups in total. The normalized spacial score (nSPS) is 12.1. The molecule has 0 fully saturated rings. The van der Waals surface area contributed by atoms with Gasteiger partial charge in [0.05, 0.1) is 18.8 Å². The van der Waals surface area contributed by atoms with Crippen LogP contribution in [0.1, 0.15) is 18.1 Å². The maximum absolute atomic E-state index is 12.6. The molecule has 0 radical (unpaired) electrons. The van der Waals surface area contributed by atoms with Crippen LogP contribution in [0.3, 0.4) is 0 Å². The second kappa shape index (κ2) is 8.18. The van der Waals surface area contributed by atoms with Crippen LogP contribution in [-0.2, 0) is 11.3 Å². The number of nitrogens with one attached hydrogen (secondary N) is 1. The smallest absolute Gasteiger partial charge is 0.241 e. The van der Waals surface area contributed by atoms with Gasteiger partial charge < -0.3 is 10.1 Å². The number of aryl methyl sites for hydroxylation is 1. The van der Waals surface area contributed by atoms with Crippen molar-refractivity contribution in [3.8, 4) is 5.75 Å². The Morgan fingerprint density at radius 2 is 2.04 bits per heavy atom. The average Bonchev–Trinajstić information content (AvgIpc) is 2.54. The number of likely N-dealkylation sites (N-methyl/N-ethyl adjacent to an activating group) is 1. The molecule has 0 aromatic heterocycles. The lowest BCUT2D eigenvalue weighted by molar-refractivity contribution is -0.120.